The standard InChI is InChI=1S/C20H17N.C9H11N.C2H6/c1-2-8-16(9-3-1)14-15-21-19-12-6-4-10-17(19)18-11-5-7-13-20(18)21;1-2-9(10)8-6-4-3-5-7-8;1-2/h1-13H,14-15H2;2-7H,10H2,1H3;1-2H3/b;9-2-;. The molecule has 4 aromatic carbocycles. The Hall–Kier alpha value is -3.78. The highest BCUT2D eigenvalue weighted by Gasteiger charge is 2.09. The first-order chi connectivity index (χ1) is 16.3. The van der Waals surface area contributed by atoms with Gasteiger partial charge >= 0.3 is 0 Å². The van der Waals surface area contributed by atoms with E-state index in [1.165, 1.54) is 27.4 Å². The van der Waals surface area contributed by atoms with Gasteiger partial charge in [0.2, 0.25) is 0 Å². The first-order valence-electron chi connectivity index (χ1n) is 11.7. The third kappa shape index (κ3) is 5.93. The summed E-state index contributed by atoms with van der Waals surface area (Å²) in [6, 6.07) is 38.0. The zero-order valence-corrected chi connectivity index (χ0v) is 19.9. The van der Waals surface area contributed by atoms with Crippen LogP contribution in [0.5, 0.6) is 0 Å². The molecular weight excluding hydrogens is 400 g/mol. The van der Waals surface area contributed by atoms with Gasteiger partial charge in [0.1, 0.15) is 0 Å². The van der Waals surface area contributed by atoms with Gasteiger partial charge in [-0.25, -0.2) is 0 Å². The molecule has 2 N–H and O–H groups in total. The van der Waals surface area contributed by atoms with Crippen LogP contribution in [0.15, 0.2) is 115 Å². The van der Waals surface area contributed by atoms with Gasteiger partial charge in [-0.3, -0.25) is 0 Å². The zero-order valence-electron chi connectivity index (χ0n) is 19.9. The van der Waals surface area contributed by atoms with Gasteiger partial charge in [-0.2, -0.15) is 0 Å². The second kappa shape index (κ2) is 12.3. The van der Waals surface area contributed by atoms with Crippen LogP contribution in [0.4, 0.5) is 0 Å². The molecule has 0 bridgehead atoms. The minimum atomic E-state index is 0.834. The predicted molar refractivity (Wildman–Crippen MR) is 145 cm³/mol. The van der Waals surface area contributed by atoms with Crippen LogP contribution in [0.1, 0.15) is 31.9 Å². The summed E-state index contributed by atoms with van der Waals surface area (Å²) in [5.41, 5.74) is 11.6. The van der Waals surface area contributed by atoms with Crippen molar-refractivity contribution in [1.82, 2.24) is 4.57 Å². The fourth-order valence-corrected chi connectivity index (χ4v) is 3.93. The van der Waals surface area contributed by atoms with Crippen molar-refractivity contribution in [3.05, 3.63) is 126 Å². The van der Waals surface area contributed by atoms with Crippen molar-refractivity contribution in [1.29, 1.82) is 0 Å². The summed E-state index contributed by atoms with van der Waals surface area (Å²) in [5.74, 6) is 0. The van der Waals surface area contributed by atoms with Crippen LogP contribution in [0.3, 0.4) is 0 Å². The summed E-state index contributed by atoms with van der Waals surface area (Å²) in [7, 11) is 0. The highest BCUT2D eigenvalue weighted by Crippen LogP contribution is 2.28. The molecule has 0 aliphatic carbocycles. The van der Waals surface area contributed by atoms with Crippen molar-refractivity contribution < 1.29 is 0 Å². The molecule has 33 heavy (non-hydrogen) atoms. The summed E-state index contributed by atoms with van der Waals surface area (Å²) in [6.07, 6.45) is 2.96. The smallest absolute Gasteiger partial charge is 0.0491 e. The number of fused-ring (bicyclic) bond motifs is 3. The van der Waals surface area contributed by atoms with Gasteiger partial charge in [0, 0.05) is 34.0 Å². The Bertz CT molecular complexity index is 1230. The molecule has 2 heteroatoms. The van der Waals surface area contributed by atoms with E-state index in [4.69, 9.17) is 5.73 Å². The lowest BCUT2D eigenvalue weighted by atomic mass is 10.1. The van der Waals surface area contributed by atoms with Gasteiger partial charge in [0.25, 0.3) is 0 Å². The van der Waals surface area contributed by atoms with Crippen LogP contribution >= 0.6 is 0 Å². The number of allylic oxidation sites excluding steroid dienone is 1. The van der Waals surface area contributed by atoms with Gasteiger partial charge in [0.15, 0.2) is 0 Å². The van der Waals surface area contributed by atoms with Crippen LogP contribution in [-0.4, -0.2) is 4.57 Å². The van der Waals surface area contributed by atoms with Crippen molar-refractivity contribution in [2.75, 3.05) is 0 Å². The van der Waals surface area contributed by atoms with Crippen LogP contribution in [-0.2, 0) is 13.0 Å². The third-order valence-electron chi connectivity index (χ3n) is 5.56. The highest BCUT2D eigenvalue weighted by molar-refractivity contribution is 6.07. The number of benzene rings is 4. The third-order valence-corrected chi connectivity index (χ3v) is 5.56. The fourth-order valence-electron chi connectivity index (χ4n) is 3.93. The summed E-state index contributed by atoms with van der Waals surface area (Å²) in [4.78, 5) is 0. The van der Waals surface area contributed by atoms with Gasteiger partial charge in [-0.15, -0.1) is 0 Å². The number of hydrogen-bond donors (Lipinski definition) is 1. The predicted octanol–water partition coefficient (Wildman–Crippen LogP) is 8.07. The molecule has 5 rings (SSSR count). The quantitative estimate of drug-likeness (QED) is 0.304. The Kier molecular flexibility index (Phi) is 8.90. The number of nitrogens with zero attached hydrogens (tertiary/aromatic N) is 1. The average Bonchev–Trinajstić information content (AvgIpc) is 3.23. The molecule has 0 spiro atoms. The summed E-state index contributed by atoms with van der Waals surface area (Å²) >= 11 is 0. The maximum absolute atomic E-state index is 5.66. The summed E-state index contributed by atoms with van der Waals surface area (Å²) in [6.45, 7) is 6.94. The van der Waals surface area contributed by atoms with Crippen molar-refractivity contribution in [3.8, 4) is 0 Å². The summed E-state index contributed by atoms with van der Waals surface area (Å²) < 4.78 is 2.44. The van der Waals surface area contributed by atoms with Crippen LogP contribution in [0, 0.1) is 0 Å². The van der Waals surface area contributed by atoms with E-state index in [0.29, 0.717) is 0 Å². The SMILES string of the molecule is C/C=C(\N)c1ccccc1.CC.c1ccc(CCn2c3ccccc3c3ccccc32)cc1. The normalized spacial score (nSPS) is 10.8. The first-order valence-corrected chi connectivity index (χ1v) is 11.7. The van der Waals surface area contributed by atoms with Gasteiger partial charge in [-0.05, 0) is 36.6 Å². The molecule has 0 amide bonds. The molecule has 0 atom stereocenters. The van der Waals surface area contributed by atoms with Gasteiger partial charge in [0.05, 0.1) is 0 Å². The van der Waals surface area contributed by atoms with Crippen molar-refractivity contribution in [2.45, 2.75) is 33.7 Å². The lowest BCUT2D eigenvalue weighted by Crippen LogP contribution is -2.00. The molecule has 0 aliphatic heterocycles. The van der Waals surface area contributed by atoms with E-state index in [2.05, 4.69) is 83.4 Å². The molecule has 1 heterocycles. The number of para-hydroxylation sites is 2. The van der Waals surface area contributed by atoms with Crippen molar-refractivity contribution in [2.24, 2.45) is 5.73 Å². The number of hydrogen-bond acceptors (Lipinski definition) is 1. The fraction of sp³-hybridized carbons (Fsp3) is 0.161. The molecule has 0 radical (unpaired) electrons. The minimum Gasteiger partial charge on any atom is -0.399 e. The molecule has 0 unspecified atom stereocenters. The van der Waals surface area contributed by atoms with Gasteiger partial charge < -0.3 is 10.3 Å². The topological polar surface area (TPSA) is 30.9 Å². The van der Waals surface area contributed by atoms with E-state index < -0.39 is 0 Å². The van der Waals surface area contributed by atoms with E-state index in [1.54, 1.807) is 0 Å². The molecule has 0 saturated carbocycles. The van der Waals surface area contributed by atoms with E-state index in [0.717, 1.165) is 24.2 Å². The van der Waals surface area contributed by atoms with Crippen molar-refractivity contribution >= 4 is 27.5 Å². The van der Waals surface area contributed by atoms with Crippen LogP contribution in [0.2, 0.25) is 0 Å². The van der Waals surface area contributed by atoms with E-state index in [-0.39, 0.29) is 0 Å². The largest absolute Gasteiger partial charge is 0.399 e. The zero-order chi connectivity index (χ0) is 23.5. The molecular formula is C31H34N2. The summed E-state index contributed by atoms with van der Waals surface area (Å²) in [5, 5.41) is 2.70. The minimum absolute atomic E-state index is 0.834. The monoisotopic (exact) mass is 434 g/mol. The number of aryl methyl sites for hydroxylation is 2. The highest BCUT2D eigenvalue weighted by atomic mass is 15.0. The van der Waals surface area contributed by atoms with Gasteiger partial charge in [-0.1, -0.05) is 117 Å². The van der Waals surface area contributed by atoms with Crippen LogP contribution < -0.4 is 5.73 Å². The molecule has 2 nitrogen and oxygen atoms in total. The Morgan fingerprint density at radius 3 is 1.64 bits per heavy atom. The second-order valence-electron chi connectivity index (χ2n) is 7.53. The van der Waals surface area contributed by atoms with Crippen molar-refractivity contribution in [3.63, 3.8) is 0 Å². The number of nitrogens with two attached hydrogens (primary N) is 1. The maximum atomic E-state index is 5.66. The maximum Gasteiger partial charge on any atom is 0.0491 e. The molecule has 1 aromatic heterocycles. The molecule has 0 aliphatic rings. The lowest BCUT2D eigenvalue weighted by molar-refractivity contribution is 0.745. The Morgan fingerprint density at radius 2 is 1.12 bits per heavy atom. The van der Waals surface area contributed by atoms with E-state index in [1.807, 2.05) is 57.2 Å². The second-order valence-corrected chi connectivity index (χ2v) is 7.53. The molecule has 168 valence electrons. The molecule has 5 aromatic rings. The van der Waals surface area contributed by atoms with E-state index in [9.17, 15) is 0 Å². The molecule has 0 saturated heterocycles. The number of aromatic nitrogens is 1. The van der Waals surface area contributed by atoms with E-state index >= 15 is 0 Å². The Balaban J connectivity index is 0.000000216. The first kappa shape index (κ1) is 23.9. The Morgan fingerprint density at radius 1 is 0.667 bits per heavy atom. The Labute approximate surface area is 198 Å². The number of rotatable bonds is 4. The van der Waals surface area contributed by atoms with Crippen LogP contribution in [0.25, 0.3) is 27.5 Å². The average molecular weight is 435 g/mol. The lowest BCUT2D eigenvalue weighted by Gasteiger charge is -2.07. The molecule has 0 fully saturated rings.